The molecule has 0 aliphatic heterocycles. The maximum atomic E-state index is 6.69. The highest BCUT2D eigenvalue weighted by Crippen LogP contribution is 2.52. The number of hydrogen-bond donors (Lipinski definition) is 0. The van der Waals surface area contributed by atoms with Crippen LogP contribution in [-0.4, -0.2) is 4.57 Å². The van der Waals surface area contributed by atoms with Crippen LogP contribution in [0.2, 0.25) is 0 Å². The molecule has 8 aromatic carbocycles. The Hall–Kier alpha value is -6.84. The van der Waals surface area contributed by atoms with Gasteiger partial charge in [-0.05, 0) is 76.3 Å². The second-order valence-corrected chi connectivity index (χ2v) is 14.9. The number of nitrogens with zero attached hydrogens (tertiary/aromatic N) is 2. The molecule has 0 fully saturated rings. The summed E-state index contributed by atoms with van der Waals surface area (Å²) in [6, 6.07) is 65.8. The first kappa shape index (κ1) is 30.8. The molecule has 0 bridgehead atoms. The van der Waals surface area contributed by atoms with Crippen LogP contribution in [0.25, 0.3) is 71.7 Å². The van der Waals surface area contributed by atoms with E-state index in [0.29, 0.717) is 0 Å². The van der Waals surface area contributed by atoms with E-state index in [-0.39, 0.29) is 5.41 Å². The molecule has 2 aromatic heterocycles. The molecule has 0 radical (unpaired) electrons. The quantitative estimate of drug-likeness (QED) is 0.179. The number of benzene rings is 8. The summed E-state index contributed by atoms with van der Waals surface area (Å²) in [5.41, 5.74) is 16.0. The van der Waals surface area contributed by atoms with Crippen LogP contribution < -0.4 is 4.90 Å². The van der Waals surface area contributed by atoms with Gasteiger partial charge in [0.25, 0.3) is 0 Å². The predicted molar refractivity (Wildman–Crippen MR) is 226 cm³/mol. The Bertz CT molecular complexity index is 3070. The Labute approximate surface area is 314 Å². The maximum Gasteiger partial charge on any atom is 0.159 e. The van der Waals surface area contributed by atoms with E-state index in [9.17, 15) is 0 Å². The largest absolute Gasteiger partial charge is 0.454 e. The van der Waals surface area contributed by atoms with Gasteiger partial charge in [0, 0.05) is 43.9 Å². The number of anilines is 3. The van der Waals surface area contributed by atoms with Crippen molar-refractivity contribution in [3.05, 3.63) is 193 Å². The average Bonchev–Trinajstić information content (AvgIpc) is 3.85. The molecule has 0 unspecified atom stereocenters. The van der Waals surface area contributed by atoms with Gasteiger partial charge in [-0.1, -0.05) is 147 Å². The third kappa shape index (κ3) is 4.42. The van der Waals surface area contributed by atoms with Gasteiger partial charge in [-0.25, -0.2) is 0 Å². The van der Waals surface area contributed by atoms with E-state index >= 15 is 0 Å². The molecule has 54 heavy (non-hydrogen) atoms. The molecule has 0 amide bonds. The van der Waals surface area contributed by atoms with E-state index in [4.69, 9.17) is 4.42 Å². The minimum absolute atomic E-state index is 0.0974. The molecule has 0 spiro atoms. The smallest absolute Gasteiger partial charge is 0.159 e. The van der Waals surface area contributed by atoms with Crippen molar-refractivity contribution in [1.29, 1.82) is 0 Å². The molecule has 11 rings (SSSR count). The van der Waals surface area contributed by atoms with Gasteiger partial charge in [-0.3, -0.25) is 0 Å². The molecule has 0 atom stereocenters. The van der Waals surface area contributed by atoms with Crippen LogP contribution in [0, 0.1) is 0 Å². The Morgan fingerprint density at radius 2 is 1.13 bits per heavy atom. The van der Waals surface area contributed by atoms with Crippen molar-refractivity contribution in [3.8, 4) is 27.9 Å². The molecule has 0 N–H and O–H groups in total. The number of aromatic nitrogens is 1. The van der Waals surface area contributed by atoms with Crippen molar-refractivity contribution in [2.24, 2.45) is 0 Å². The summed E-state index contributed by atoms with van der Waals surface area (Å²) in [7, 11) is 0. The molecule has 3 nitrogen and oxygen atoms in total. The predicted octanol–water partition coefficient (Wildman–Crippen LogP) is 14.1. The van der Waals surface area contributed by atoms with Crippen LogP contribution in [0.15, 0.2) is 186 Å². The van der Waals surface area contributed by atoms with Gasteiger partial charge in [0.2, 0.25) is 0 Å². The molecule has 1 aliphatic carbocycles. The lowest BCUT2D eigenvalue weighted by Gasteiger charge is -2.26. The van der Waals surface area contributed by atoms with Crippen molar-refractivity contribution in [2.75, 3.05) is 4.90 Å². The highest BCUT2D eigenvalue weighted by molar-refractivity contribution is 6.13. The normalized spacial score (nSPS) is 13.1. The average molecular weight is 693 g/mol. The summed E-state index contributed by atoms with van der Waals surface area (Å²) in [5.74, 6) is 0. The van der Waals surface area contributed by atoms with Crippen LogP contribution in [-0.2, 0) is 5.41 Å². The SMILES string of the molecule is CC1(C)c2ccccc2-c2c(-n3c4ccccc4c4ccc(N(c5ccc(-c6ccccc6)cc5)c5cccc6c5oc5ccccc56)cc43)cccc21. The van der Waals surface area contributed by atoms with Crippen molar-refractivity contribution >= 4 is 60.8 Å². The zero-order chi connectivity index (χ0) is 36.0. The number of para-hydroxylation sites is 3. The summed E-state index contributed by atoms with van der Waals surface area (Å²) >= 11 is 0. The van der Waals surface area contributed by atoms with E-state index in [0.717, 1.165) is 44.5 Å². The second kappa shape index (κ2) is 11.6. The first-order chi connectivity index (χ1) is 26.6. The summed E-state index contributed by atoms with van der Waals surface area (Å²) < 4.78 is 9.18. The van der Waals surface area contributed by atoms with E-state index in [1.165, 1.54) is 55.4 Å². The minimum atomic E-state index is -0.0974. The fourth-order valence-corrected chi connectivity index (χ4v) is 9.05. The van der Waals surface area contributed by atoms with Crippen LogP contribution in [0.1, 0.15) is 25.0 Å². The lowest BCUT2D eigenvalue weighted by molar-refractivity contribution is 0.660. The molecule has 10 aromatic rings. The highest BCUT2D eigenvalue weighted by Gasteiger charge is 2.37. The zero-order valence-electron chi connectivity index (χ0n) is 30.1. The molecule has 0 saturated carbocycles. The zero-order valence-corrected chi connectivity index (χ0v) is 30.1. The van der Waals surface area contributed by atoms with Gasteiger partial charge in [-0.2, -0.15) is 0 Å². The summed E-state index contributed by atoms with van der Waals surface area (Å²) in [5, 5.41) is 4.68. The number of furan rings is 1. The summed E-state index contributed by atoms with van der Waals surface area (Å²) in [6.07, 6.45) is 0. The number of fused-ring (bicyclic) bond motifs is 9. The molecule has 256 valence electrons. The van der Waals surface area contributed by atoms with E-state index in [1.807, 2.05) is 6.07 Å². The van der Waals surface area contributed by atoms with Crippen molar-refractivity contribution in [2.45, 2.75) is 19.3 Å². The molecular formula is C51H36N2O. The highest BCUT2D eigenvalue weighted by atomic mass is 16.3. The van der Waals surface area contributed by atoms with E-state index < -0.39 is 0 Å². The van der Waals surface area contributed by atoms with Gasteiger partial charge >= 0.3 is 0 Å². The molecule has 2 heterocycles. The maximum absolute atomic E-state index is 6.69. The monoisotopic (exact) mass is 692 g/mol. The van der Waals surface area contributed by atoms with Crippen molar-refractivity contribution in [1.82, 2.24) is 4.57 Å². The van der Waals surface area contributed by atoms with Gasteiger partial charge < -0.3 is 13.9 Å². The molecule has 3 heteroatoms. The van der Waals surface area contributed by atoms with Crippen LogP contribution >= 0.6 is 0 Å². The van der Waals surface area contributed by atoms with Crippen LogP contribution in [0.3, 0.4) is 0 Å². The lowest BCUT2D eigenvalue weighted by atomic mass is 9.82. The summed E-state index contributed by atoms with van der Waals surface area (Å²) in [4.78, 5) is 2.36. The third-order valence-electron chi connectivity index (χ3n) is 11.6. The third-order valence-corrected chi connectivity index (χ3v) is 11.6. The minimum Gasteiger partial charge on any atom is -0.454 e. The Morgan fingerprint density at radius 3 is 2.00 bits per heavy atom. The first-order valence-electron chi connectivity index (χ1n) is 18.7. The van der Waals surface area contributed by atoms with Crippen LogP contribution in [0.5, 0.6) is 0 Å². The molecule has 0 saturated heterocycles. The van der Waals surface area contributed by atoms with E-state index in [1.54, 1.807) is 0 Å². The van der Waals surface area contributed by atoms with Crippen LogP contribution in [0.4, 0.5) is 17.1 Å². The van der Waals surface area contributed by atoms with Gasteiger partial charge in [0.15, 0.2) is 5.58 Å². The first-order valence-corrected chi connectivity index (χ1v) is 18.7. The molecular weight excluding hydrogens is 657 g/mol. The standard InChI is InChI=1S/C51H36N2O/c1-51(2)42-20-9-6-18-41(42)49-43(51)21-13-23-45(49)53-44-22-10-7-16-37(44)38-31-30-36(32-47(38)53)52(35-28-26-34(27-29-35)33-14-4-3-5-15-33)46-24-12-19-40-39-17-8-11-25-48(39)54-50(40)46/h3-32H,1-2H3. The number of rotatable bonds is 5. The summed E-state index contributed by atoms with van der Waals surface area (Å²) in [6.45, 7) is 4.70. The lowest BCUT2D eigenvalue weighted by Crippen LogP contribution is -2.15. The fourth-order valence-electron chi connectivity index (χ4n) is 9.05. The van der Waals surface area contributed by atoms with Gasteiger partial charge in [-0.15, -0.1) is 0 Å². The Morgan fingerprint density at radius 1 is 0.481 bits per heavy atom. The fraction of sp³-hybridized carbons (Fsp3) is 0.0588. The van der Waals surface area contributed by atoms with Gasteiger partial charge in [0.1, 0.15) is 5.58 Å². The topological polar surface area (TPSA) is 21.3 Å². The number of hydrogen-bond acceptors (Lipinski definition) is 2. The van der Waals surface area contributed by atoms with Crippen molar-refractivity contribution < 1.29 is 4.42 Å². The molecule has 1 aliphatic rings. The Balaban J connectivity index is 1.18. The Kier molecular flexibility index (Phi) is 6.60. The van der Waals surface area contributed by atoms with E-state index in [2.05, 4.69) is 199 Å². The van der Waals surface area contributed by atoms with Gasteiger partial charge in [0.05, 0.1) is 22.4 Å². The second-order valence-electron chi connectivity index (χ2n) is 14.9. The van der Waals surface area contributed by atoms with Crippen molar-refractivity contribution in [3.63, 3.8) is 0 Å².